The SMILES string of the molecule is COc1ccc(N(C)S(=O)(=O)c2ccc(OC)c(C)c2)c(OC)c1. The average Bonchev–Trinajstić information content (AvgIpc) is 2.60. The first-order valence-electron chi connectivity index (χ1n) is 7.20. The molecule has 2 aromatic rings. The third-order valence-electron chi connectivity index (χ3n) is 3.75. The maximum Gasteiger partial charge on any atom is 0.264 e. The van der Waals surface area contributed by atoms with Crippen molar-refractivity contribution in [3.63, 3.8) is 0 Å². The lowest BCUT2D eigenvalue weighted by molar-refractivity contribution is 0.395. The fraction of sp³-hybridized carbons (Fsp3) is 0.294. The molecule has 0 amide bonds. The molecule has 0 aliphatic heterocycles. The van der Waals surface area contributed by atoms with Gasteiger partial charge in [-0.25, -0.2) is 8.42 Å². The second kappa shape index (κ2) is 7.00. The van der Waals surface area contributed by atoms with E-state index in [4.69, 9.17) is 14.2 Å². The van der Waals surface area contributed by atoms with Crippen LogP contribution in [0.25, 0.3) is 0 Å². The van der Waals surface area contributed by atoms with E-state index in [9.17, 15) is 8.42 Å². The van der Waals surface area contributed by atoms with Crippen LogP contribution in [0.4, 0.5) is 5.69 Å². The van der Waals surface area contributed by atoms with Gasteiger partial charge in [0.25, 0.3) is 10.0 Å². The fourth-order valence-electron chi connectivity index (χ4n) is 2.34. The molecular formula is C17H21NO5S. The summed E-state index contributed by atoms with van der Waals surface area (Å²) in [6, 6.07) is 9.71. The van der Waals surface area contributed by atoms with Gasteiger partial charge in [-0.1, -0.05) is 0 Å². The highest BCUT2D eigenvalue weighted by Gasteiger charge is 2.24. The Hall–Kier alpha value is -2.41. The summed E-state index contributed by atoms with van der Waals surface area (Å²) in [5, 5.41) is 0. The molecule has 2 aromatic carbocycles. The highest BCUT2D eigenvalue weighted by molar-refractivity contribution is 7.92. The molecule has 0 aliphatic carbocycles. The average molecular weight is 351 g/mol. The summed E-state index contributed by atoms with van der Waals surface area (Å²) in [6.07, 6.45) is 0. The molecule has 0 spiro atoms. The summed E-state index contributed by atoms with van der Waals surface area (Å²) < 4.78 is 42.6. The molecule has 24 heavy (non-hydrogen) atoms. The van der Waals surface area contributed by atoms with Gasteiger partial charge in [-0.3, -0.25) is 4.31 Å². The molecule has 0 N–H and O–H groups in total. The van der Waals surface area contributed by atoms with Crippen molar-refractivity contribution in [3.8, 4) is 17.2 Å². The van der Waals surface area contributed by atoms with Crippen LogP contribution in [0, 0.1) is 6.92 Å². The molecular weight excluding hydrogens is 330 g/mol. The minimum absolute atomic E-state index is 0.182. The topological polar surface area (TPSA) is 65.1 Å². The van der Waals surface area contributed by atoms with Crippen molar-refractivity contribution in [2.24, 2.45) is 0 Å². The van der Waals surface area contributed by atoms with Gasteiger partial charge < -0.3 is 14.2 Å². The van der Waals surface area contributed by atoms with Crippen LogP contribution in [0.15, 0.2) is 41.3 Å². The molecule has 0 saturated heterocycles. The number of sulfonamides is 1. The number of ether oxygens (including phenoxy) is 3. The van der Waals surface area contributed by atoms with E-state index in [0.717, 1.165) is 5.56 Å². The van der Waals surface area contributed by atoms with Gasteiger partial charge in [0.15, 0.2) is 0 Å². The molecule has 0 fully saturated rings. The minimum atomic E-state index is -3.73. The van der Waals surface area contributed by atoms with Crippen LogP contribution < -0.4 is 18.5 Å². The molecule has 2 rings (SSSR count). The predicted molar refractivity (Wildman–Crippen MR) is 92.9 cm³/mol. The van der Waals surface area contributed by atoms with Gasteiger partial charge in [0.1, 0.15) is 17.2 Å². The molecule has 0 unspecified atom stereocenters. The van der Waals surface area contributed by atoms with Gasteiger partial charge in [-0.05, 0) is 42.8 Å². The molecule has 130 valence electrons. The highest BCUT2D eigenvalue weighted by Crippen LogP contribution is 2.35. The van der Waals surface area contributed by atoms with Crippen molar-refractivity contribution in [1.82, 2.24) is 0 Å². The number of aryl methyl sites for hydroxylation is 1. The standard InChI is InChI=1S/C17H21NO5S/c1-12-10-14(7-9-16(12)22-4)24(19,20)18(2)15-8-6-13(21-3)11-17(15)23-5/h6-11H,1-5H3. The van der Waals surface area contributed by atoms with Crippen LogP contribution in [-0.4, -0.2) is 36.8 Å². The normalized spacial score (nSPS) is 11.0. The third-order valence-corrected chi connectivity index (χ3v) is 5.52. The molecule has 0 saturated carbocycles. The number of methoxy groups -OCH3 is 3. The molecule has 0 atom stereocenters. The van der Waals surface area contributed by atoms with E-state index < -0.39 is 10.0 Å². The zero-order valence-corrected chi connectivity index (χ0v) is 15.2. The lowest BCUT2D eigenvalue weighted by Gasteiger charge is -2.22. The predicted octanol–water partition coefficient (Wildman–Crippen LogP) is 2.85. The van der Waals surface area contributed by atoms with Gasteiger partial charge in [-0.2, -0.15) is 0 Å². The molecule has 0 bridgehead atoms. The van der Waals surface area contributed by atoms with Crippen molar-refractivity contribution < 1.29 is 22.6 Å². The van der Waals surface area contributed by atoms with Crippen molar-refractivity contribution in [3.05, 3.63) is 42.0 Å². The van der Waals surface area contributed by atoms with E-state index >= 15 is 0 Å². The molecule has 7 heteroatoms. The molecule has 0 radical (unpaired) electrons. The Labute approximate surface area is 142 Å². The number of rotatable bonds is 6. The van der Waals surface area contributed by atoms with Crippen molar-refractivity contribution in [2.75, 3.05) is 32.7 Å². The zero-order chi connectivity index (χ0) is 17.9. The third kappa shape index (κ3) is 3.26. The monoisotopic (exact) mass is 351 g/mol. The maximum atomic E-state index is 12.9. The summed E-state index contributed by atoms with van der Waals surface area (Å²) in [5.74, 6) is 1.63. The Bertz CT molecular complexity index is 833. The van der Waals surface area contributed by atoms with Crippen molar-refractivity contribution in [1.29, 1.82) is 0 Å². The Morgan fingerprint density at radius 1 is 0.875 bits per heavy atom. The van der Waals surface area contributed by atoms with Crippen LogP contribution in [0.1, 0.15) is 5.56 Å². The first-order valence-corrected chi connectivity index (χ1v) is 8.64. The Kier molecular flexibility index (Phi) is 5.23. The van der Waals surface area contributed by atoms with E-state index in [0.29, 0.717) is 22.9 Å². The Morgan fingerprint density at radius 3 is 2.08 bits per heavy atom. The number of anilines is 1. The van der Waals surface area contributed by atoms with Crippen molar-refractivity contribution >= 4 is 15.7 Å². The maximum absolute atomic E-state index is 12.9. The molecule has 0 heterocycles. The summed E-state index contributed by atoms with van der Waals surface area (Å²) >= 11 is 0. The summed E-state index contributed by atoms with van der Waals surface area (Å²) in [6.45, 7) is 1.80. The highest BCUT2D eigenvalue weighted by atomic mass is 32.2. The molecule has 0 aliphatic rings. The summed E-state index contributed by atoms with van der Waals surface area (Å²) in [5.41, 5.74) is 1.17. The second-order valence-electron chi connectivity index (χ2n) is 5.14. The Morgan fingerprint density at radius 2 is 1.54 bits per heavy atom. The number of nitrogens with zero attached hydrogens (tertiary/aromatic N) is 1. The number of hydrogen-bond donors (Lipinski definition) is 0. The van der Waals surface area contributed by atoms with Gasteiger partial charge in [0.05, 0.1) is 31.9 Å². The van der Waals surface area contributed by atoms with Crippen LogP contribution in [0.2, 0.25) is 0 Å². The lowest BCUT2D eigenvalue weighted by Crippen LogP contribution is -2.27. The second-order valence-corrected chi connectivity index (χ2v) is 7.11. The Balaban J connectivity index is 2.48. The quantitative estimate of drug-likeness (QED) is 0.801. The van der Waals surface area contributed by atoms with E-state index in [1.54, 1.807) is 44.4 Å². The largest absolute Gasteiger partial charge is 0.497 e. The number of hydrogen-bond acceptors (Lipinski definition) is 5. The first kappa shape index (κ1) is 17.9. The summed E-state index contributed by atoms with van der Waals surface area (Å²) in [4.78, 5) is 0.182. The zero-order valence-electron chi connectivity index (χ0n) is 14.4. The molecule has 6 nitrogen and oxygen atoms in total. The van der Waals surface area contributed by atoms with Gasteiger partial charge in [0.2, 0.25) is 0 Å². The summed E-state index contributed by atoms with van der Waals surface area (Å²) in [7, 11) is 2.32. The van der Waals surface area contributed by atoms with Crippen LogP contribution in [0.3, 0.4) is 0 Å². The van der Waals surface area contributed by atoms with Crippen LogP contribution in [-0.2, 0) is 10.0 Å². The van der Waals surface area contributed by atoms with Gasteiger partial charge >= 0.3 is 0 Å². The van der Waals surface area contributed by atoms with E-state index in [1.807, 2.05) is 0 Å². The van der Waals surface area contributed by atoms with E-state index in [-0.39, 0.29) is 4.90 Å². The smallest absolute Gasteiger partial charge is 0.264 e. The lowest BCUT2D eigenvalue weighted by atomic mass is 10.2. The van der Waals surface area contributed by atoms with Gasteiger partial charge in [-0.15, -0.1) is 0 Å². The van der Waals surface area contributed by atoms with Crippen LogP contribution >= 0.6 is 0 Å². The number of benzene rings is 2. The first-order chi connectivity index (χ1) is 11.3. The fourth-order valence-corrected chi connectivity index (χ4v) is 3.64. The minimum Gasteiger partial charge on any atom is -0.497 e. The van der Waals surface area contributed by atoms with Gasteiger partial charge in [0, 0.05) is 13.1 Å². The van der Waals surface area contributed by atoms with Crippen LogP contribution in [0.5, 0.6) is 17.2 Å². The van der Waals surface area contributed by atoms with E-state index in [2.05, 4.69) is 0 Å². The molecule has 0 aromatic heterocycles. The van der Waals surface area contributed by atoms with Crippen molar-refractivity contribution in [2.45, 2.75) is 11.8 Å². The van der Waals surface area contributed by atoms with E-state index in [1.165, 1.54) is 31.6 Å².